The maximum absolute atomic E-state index is 11.1. The molecule has 0 spiro atoms. The Balaban J connectivity index is 1.33. The lowest BCUT2D eigenvalue weighted by atomic mass is 9.98. The highest BCUT2D eigenvalue weighted by Gasteiger charge is 2.25. The van der Waals surface area contributed by atoms with Crippen molar-refractivity contribution in [2.45, 2.75) is 45.4 Å². The third-order valence-corrected chi connectivity index (χ3v) is 6.13. The monoisotopic (exact) mass is 464 g/mol. The summed E-state index contributed by atoms with van der Waals surface area (Å²) in [5, 5.41) is 12.4. The van der Waals surface area contributed by atoms with Crippen LogP contribution >= 0.6 is 0 Å². The van der Waals surface area contributed by atoms with Crippen molar-refractivity contribution in [1.82, 2.24) is 4.98 Å². The van der Waals surface area contributed by atoms with Gasteiger partial charge in [-0.1, -0.05) is 12.1 Å². The summed E-state index contributed by atoms with van der Waals surface area (Å²) in [5.74, 6) is 1.56. The summed E-state index contributed by atoms with van der Waals surface area (Å²) in [6.07, 6.45) is 2.61. The summed E-state index contributed by atoms with van der Waals surface area (Å²) < 4.78 is 17.3. The van der Waals surface area contributed by atoms with Gasteiger partial charge in [0.05, 0.1) is 25.3 Å². The molecule has 1 heterocycles. The van der Waals surface area contributed by atoms with E-state index in [1.165, 1.54) is 5.56 Å². The number of nitrogens with zero attached hydrogens (tertiary/aromatic N) is 1. The van der Waals surface area contributed by atoms with E-state index in [0.29, 0.717) is 32.1 Å². The lowest BCUT2D eigenvalue weighted by Crippen LogP contribution is -2.09. The van der Waals surface area contributed by atoms with Gasteiger partial charge < -0.3 is 24.3 Å². The van der Waals surface area contributed by atoms with Crippen molar-refractivity contribution in [3.05, 3.63) is 65.0 Å². The van der Waals surface area contributed by atoms with E-state index in [4.69, 9.17) is 24.0 Å². The molecule has 2 aromatic carbocycles. The first-order valence-corrected chi connectivity index (χ1v) is 11.9. The first-order valence-electron chi connectivity index (χ1n) is 11.9. The minimum Gasteiger partial charge on any atom is -0.493 e. The molecule has 3 aromatic rings. The van der Waals surface area contributed by atoms with Gasteiger partial charge in [-0.3, -0.25) is 4.79 Å². The Kier molecular flexibility index (Phi) is 7.85. The van der Waals surface area contributed by atoms with Crippen molar-refractivity contribution in [2.75, 3.05) is 31.7 Å². The first-order chi connectivity index (χ1) is 16.5. The maximum Gasteiger partial charge on any atom is 0.303 e. The quantitative estimate of drug-likeness (QED) is 0.355. The zero-order valence-electron chi connectivity index (χ0n) is 19.8. The molecule has 0 saturated heterocycles. The number of aryl methyl sites for hydroxylation is 2. The Bertz CT molecular complexity index is 1120. The Morgan fingerprint density at radius 3 is 2.94 bits per heavy atom. The van der Waals surface area contributed by atoms with E-state index in [-0.39, 0.29) is 12.3 Å². The predicted octanol–water partition coefficient (Wildman–Crippen LogP) is 5.22. The molecule has 180 valence electrons. The highest BCUT2D eigenvalue weighted by Crippen LogP contribution is 2.37. The zero-order valence-corrected chi connectivity index (χ0v) is 19.8. The second-order valence-corrected chi connectivity index (χ2v) is 8.52. The summed E-state index contributed by atoms with van der Waals surface area (Å²) in [4.78, 5) is 15.8. The average molecular weight is 465 g/mol. The first kappa shape index (κ1) is 23.8. The normalized spacial score (nSPS) is 14.7. The highest BCUT2D eigenvalue weighted by molar-refractivity contribution is 5.68. The van der Waals surface area contributed by atoms with Gasteiger partial charge in [0.15, 0.2) is 0 Å². The molecule has 0 aliphatic heterocycles. The molecule has 1 aromatic heterocycles. The number of aromatic nitrogens is 1. The molecule has 0 unspecified atom stereocenters. The van der Waals surface area contributed by atoms with Gasteiger partial charge in [0.25, 0.3) is 0 Å². The van der Waals surface area contributed by atoms with Crippen LogP contribution in [0.4, 0.5) is 5.69 Å². The topological polar surface area (TPSA) is 93.8 Å². The third kappa shape index (κ3) is 5.97. The standard InChI is InChI=1S/C27H32N2O5/c1-3-32-14-12-28-22-6-4-5-21(15-22)27-29-25(18(2)34-27)11-13-33-23-9-10-24-19(16-23)7-8-20(24)17-26(30)31/h4-6,9-10,15-16,20,28H,3,7-8,11-14,17H2,1-2H3,(H,30,31)/t20-/m0/s1. The number of hydrogen-bond donors (Lipinski definition) is 2. The van der Waals surface area contributed by atoms with Crippen LogP contribution < -0.4 is 10.1 Å². The van der Waals surface area contributed by atoms with Crippen LogP contribution in [-0.4, -0.2) is 42.4 Å². The van der Waals surface area contributed by atoms with Gasteiger partial charge in [0.2, 0.25) is 5.89 Å². The van der Waals surface area contributed by atoms with Crippen LogP contribution in [0.5, 0.6) is 5.75 Å². The van der Waals surface area contributed by atoms with E-state index in [9.17, 15) is 4.79 Å². The molecule has 0 radical (unpaired) electrons. The minimum absolute atomic E-state index is 0.108. The number of benzene rings is 2. The fourth-order valence-electron chi connectivity index (χ4n) is 4.42. The van der Waals surface area contributed by atoms with E-state index >= 15 is 0 Å². The van der Waals surface area contributed by atoms with Gasteiger partial charge in [0.1, 0.15) is 11.5 Å². The summed E-state index contributed by atoms with van der Waals surface area (Å²) in [6.45, 7) is 6.52. The number of carboxylic acid groups (broad SMARTS) is 1. The largest absolute Gasteiger partial charge is 0.493 e. The maximum atomic E-state index is 11.1. The number of carbonyl (C=O) groups is 1. The molecule has 7 heteroatoms. The van der Waals surface area contributed by atoms with Gasteiger partial charge in [-0.15, -0.1) is 0 Å². The molecule has 0 fully saturated rings. The number of hydrogen-bond acceptors (Lipinski definition) is 6. The number of carboxylic acids is 1. The molecule has 0 amide bonds. The molecule has 4 rings (SSSR count). The second-order valence-electron chi connectivity index (χ2n) is 8.52. The van der Waals surface area contributed by atoms with Crippen molar-refractivity contribution in [3.8, 4) is 17.2 Å². The number of oxazole rings is 1. The number of aliphatic carboxylic acids is 1. The summed E-state index contributed by atoms with van der Waals surface area (Å²) in [7, 11) is 0. The van der Waals surface area contributed by atoms with Gasteiger partial charge in [-0.05, 0) is 74.1 Å². The van der Waals surface area contributed by atoms with Crippen LogP contribution in [0.2, 0.25) is 0 Å². The smallest absolute Gasteiger partial charge is 0.303 e. The van der Waals surface area contributed by atoms with Crippen LogP contribution in [0.3, 0.4) is 0 Å². The summed E-state index contributed by atoms with van der Waals surface area (Å²) in [6, 6.07) is 14.0. The fourth-order valence-corrected chi connectivity index (χ4v) is 4.42. The highest BCUT2D eigenvalue weighted by atomic mass is 16.5. The van der Waals surface area contributed by atoms with Crippen LogP contribution in [0.1, 0.15) is 48.3 Å². The van der Waals surface area contributed by atoms with E-state index in [0.717, 1.165) is 53.4 Å². The van der Waals surface area contributed by atoms with E-state index in [2.05, 4.69) is 5.32 Å². The number of rotatable bonds is 12. The molecule has 2 N–H and O–H groups in total. The third-order valence-electron chi connectivity index (χ3n) is 6.13. The van der Waals surface area contributed by atoms with Gasteiger partial charge in [-0.2, -0.15) is 0 Å². The Morgan fingerprint density at radius 2 is 2.12 bits per heavy atom. The summed E-state index contributed by atoms with van der Waals surface area (Å²) >= 11 is 0. The van der Waals surface area contributed by atoms with Gasteiger partial charge >= 0.3 is 5.97 Å². The number of nitrogens with one attached hydrogen (secondary N) is 1. The Morgan fingerprint density at radius 1 is 1.24 bits per heavy atom. The Hall–Kier alpha value is -3.32. The average Bonchev–Trinajstić information content (AvgIpc) is 3.39. The molecular formula is C27H32N2O5. The number of ether oxygens (including phenoxy) is 2. The van der Waals surface area contributed by atoms with E-state index in [1.54, 1.807) is 0 Å². The van der Waals surface area contributed by atoms with Crippen LogP contribution in [-0.2, 0) is 22.4 Å². The molecule has 1 aliphatic rings. The van der Waals surface area contributed by atoms with Gasteiger partial charge in [0, 0.05) is 30.8 Å². The van der Waals surface area contributed by atoms with Crippen LogP contribution in [0.15, 0.2) is 46.9 Å². The molecule has 0 saturated carbocycles. The van der Waals surface area contributed by atoms with Gasteiger partial charge in [-0.25, -0.2) is 4.98 Å². The van der Waals surface area contributed by atoms with E-state index < -0.39 is 5.97 Å². The molecular weight excluding hydrogens is 432 g/mol. The van der Waals surface area contributed by atoms with Crippen molar-refractivity contribution < 1.29 is 23.8 Å². The van der Waals surface area contributed by atoms with Crippen LogP contribution in [0.25, 0.3) is 11.5 Å². The lowest BCUT2D eigenvalue weighted by molar-refractivity contribution is -0.137. The van der Waals surface area contributed by atoms with Crippen molar-refractivity contribution in [1.29, 1.82) is 0 Å². The predicted molar refractivity (Wildman–Crippen MR) is 131 cm³/mol. The molecule has 7 nitrogen and oxygen atoms in total. The van der Waals surface area contributed by atoms with Crippen molar-refractivity contribution >= 4 is 11.7 Å². The molecule has 34 heavy (non-hydrogen) atoms. The van der Waals surface area contributed by atoms with E-state index in [1.807, 2.05) is 56.3 Å². The Labute approximate surface area is 200 Å². The second kappa shape index (κ2) is 11.2. The van der Waals surface area contributed by atoms with Crippen molar-refractivity contribution in [2.24, 2.45) is 0 Å². The molecule has 1 atom stereocenters. The lowest BCUT2D eigenvalue weighted by Gasteiger charge is -2.10. The molecule has 0 bridgehead atoms. The van der Waals surface area contributed by atoms with Crippen LogP contribution in [0, 0.1) is 6.92 Å². The number of anilines is 1. The number of fused-ring (bicyclic) bond motifs is 1. The van der Waals surface area contributed by atoms with Crippen molar-refractivity contribution in [3.63, 3.8) is 0 Å². The molecule has 1 aliphatic carbocycles. The SMILES string of the molecule is CCOCCNc1cccc(-c2nc(CCOc3ccc4c(c3)CC[C@H]4CC(=O)O)c(C)o2)c1. The fraction of sp³-hybridized carbons (Fsp3) is 0.407. The minimum atomic E-state index is -0.745. The zero-order chi connectivity index (χ0) is 23.9. The summed E-state index contributed by atoms with van der Waals surface area (Å²) in [5.41, 5.74) is 5.14.